The van der Waals surface area contributed by atoms with Crippen LogP contribution in [0.25, 0.3) is 22.2 Å². The predicted octanol–water partition coefficient (Wildman–Crippen LogP) is 5.97. The van der Waals surface area contributed by atoms with Crippen molar-refractivity contribution in [2.75, 3.05) is 26.3 Å². The van der Waals surface area contributed by atoms with Crippen LogP contribution in [0, 0.1) is 17.6 Å². The van der Waals surface area contributed by atoms with Crippen molar-refractivity contribution in [1.29, 1.82) is 0 Å². The molecule has 0 spiro atoms. The summed E-state index contributed by atoms with van der Waals surface area (Å²) in [5.41, 5.74) is 0.573. The number of hydrogen-bond donors (Lipinski definition) is 2. The number of benzene rings is 2. The van der Waals surface area contributed by atoms with Crippen LogP contribution in [0.4, 0.5) is 26.3 Å². The number of amides is 1. The van der Waals surface area contributed by atoms with Crippen LogP contribution >= 0.6 is 0 Å². The van der Waals surface area contributed by atoms with Crippen molar-refractivity contribution in [3.63, 3.8) is 0 Å². The van der Waals surface area contributed by atoms with Crippen molar-refractivity contribution in [3.05, 3.63) is 101 Å². The van der Waals surface area contributed by atoms with E-state index in [-0.39, 0.29) is 60.9 Å². The Labute approximate surface area is 292 Å². The van der Waals surface area contributed by atoms with Crippen LogP contribution in [0.5, 0.6) is 0 Å². The number of ether oxygens (including phenoxy) is 1. The summed E-state index contributed by atoms with van der Waals surface area (Å²) in [6, 6.07) is 11.1. The molecule has 1 saturated carbocycles. The summed E-state index contributed by atoms with van der Waals surface area (Å²) in [5.74, 6) is -7.97. The summed E-state index contributed by atoms with van der Waals surface area (Å²) in [5, 5.41) is 6.47. The van der Waals surface area contributed by atoms with Crippen LogP contribution in [0.2, 0.25) is 0 Å². The van der Waals surface area contributed by atoms with E-state index in [1.807, 2.05) is 0 Å². The fourth-order valence-electron chi connectivity index (χ4n) is 7.37. The first-order valence-electron chi connectivity index (χ1n) is 16.5. The van der Waals surface area contributed by atoms with Gasteiger partial charge in [0.05, 0.1) is 40.9 Å². The van der Waals surface area contributed by atoms with Gasteiger partial charge in [-0.2, -0.15) is 18.2 Å². The number of hydrogen-bond acceptors (Lipinski definition) is 6. The second-order valence-corrected chi connectivity index (χ2v) is 15.1. The molecule has 3 atom stereocenters. The minimum atomic E-state index is -3.83. The quantitative estimate of drug-likeness (QED) is 0.170. The maximum absolute atomic E-state index is 15.2. The molecule has 2 aliphatic carbocycles. The van der Waals surface area contributed by atoms with Gasteiger partial charge in [0.1, 0.15) is 29.6 Å². The molecular formula is C35H30F6N6O4S. The topological polar surface area (TPSA) is 122 Å². The Balaban J connectivity index is 1.17. The number of H-pyrrole nitrogens is 1. The molecule has 3 aliphatic rings. The molecule has 1 amide bonds. The summed E-state index contributed by atoms with van der Waals surface area (Å²) in [6.07, 6.45) is -1.67. The van der Waals surface area contributed by atoms with E-state index in [1.54, 1.807) is 30.5 Å². The Bertz CT molecular complexity index is 2290. The van der Waals surface area contributed by atoms with Gasteiger partial charge in [-0.25, -0.2) is 31.0 Å². The van der Waals surface area contributed by atoms with Crippen LogP contribution < -0.4 is 5.32 Å². The molecule has 0 bridgehead atoms. The number of nitrogens with one attached hydrogen (secondary N) is 2. The minimum Gasteiger partial charge on any atom is -0.379 e. The summed E-state index contributed by atoms with van der Waals surface area (Å²) in [7, 11) is -3.83. The van der Waals surface area contributed by atoms with Crippen molar-refractivity contribution in [1.82, 2.24) is 29.4 Å². The normalized spacial score (nSPS) is 20.2. The van der Waals surface area contributed by atoms with Gasteiger partial charge in [0.15, 0.2) is 0 Å². The molecule has 0 radical (unpaired) electrons. The second kappa shape index (κ2) is 12.7. The number of alkyl halides is 4. The summed E-state index contributed by atoms with van der Waals surface area (Å²) < 4.78 is 121. The number of pyridine rings is 1. The number of carbonyl (C=O) groups excluding carboxylic acids is 1. The molecule has 5 aromatic rings. The van der Waals surface area contributed by atoms with Crippen molar-refractivity contribution in [3.8, 4) is 11.1 Å². The number of aromatic nitrogens is 4. The molecule has 2 aromatic carbocycles. The van der Waals surface area contributed by atoms with Crippen LogP contribution in [0.15, 0.2) is 65.7 Å². The lowest BCUT2D eigenvalue weighted by Crippen LogP contribution is -2.40. The molecule has 4 heterocycles. The molecule has 2 fully saturated rings. The molecule has 2 N–H and O–H groups in total. The molecule has 1 aliphatic heterocycles. The Morgan fingerprint density at radius 3 is 2.42 bits per heavy atom. The van der Waals surface area contributed by atoms with E-state index in [9.17, 15) is 30.8 Å². The number of halogens is 6. The van der Waals surface area contributed by atoms with Gasteiger partial charge in [-0.05, 0) is 66.3 Å². The van der Waals surface area contributed by atoms with Crippen molar-refractivity contribution >= 4 is 27.0 Å². The minimum absolute atomic E-state index is 0.0399. The average Bonchev–Trinajstić information content (AvgIpc) is 3.52. The van der Waals surface area contributed by atoms with Gasteiger partial charge in [0.25, 0.3) is 12.3 Å². The number of sulfonamides is 1. The van der Waals surface area contributed by atoms with Crippen LogP contribution in [-0.4, -0.2) is 64.7 Å². The Morgan fingerprint density at radius 1 is 1.02 bits per heavy atom. The van der Waals surface area contributed by atoms with Gasteiger partial charge >= 0.3 is 0 Å². The standard InChI is InChI=1S/C35H30F6N6O4S/c36-20-11-18(12-21(37)14-20)13-28(43-29(48)17-47-33-30(32(45-47)34(38)39)24-15-25(24)35(33,40)41)31-23(16-27-26(44-31)5-6-42-27)19-1-3-22(4-2-19)52(49,50)46-7-9-51-10-8-46/h1-6,11-12,14,16,24-25,28,34,42H,7-10,13,15,17H2,(H,43,48)/t24?,25?,28-/m0/s1. The SMILES string of the molecule is O=C(Cn1nc(C(F)F)c2c1C(F)(F)C1CC21)N[C@@H](Cc1cc(F)cc(F)c1)c1nc2cc[nH]c2cc1-c1ccc(S(=O)(=O)N2CCOCC2)cc1. The number of morpholine rings is 1. The summed E-state index contributed by atoms with van der Waals surface area (Å²) in [6.45, 7) is 0.101. The molecule has 3 aromatic heterocycles. The molecule has 1 saturated heterocycles. The van der Waals surface area contributed by atoms with Gasteiger partial charge in [0.2, 0.25) is 15.9 Å². The van der Waals surface area contributed by atoms with Crippen molar-refractivity contribution in [2.45, 2.75) is 48.6 Å². The Kier molecular flexibility index (Phi) is 8.41. The number of fused-ring (bicyclic) bond motifs is 4. The van der Waals surface area contributed by atoms with Gasteiger partial charge in [-0.15, -0.1) is 0 Å². The van der Waals surface area contributed by atoms with E-state index in [0.717, 1.165) is 12.1 Å². The third-order valence-corrected chi connectivity index (χ3v) is 11.7. The highest BCUT2D eigenvalue weighted by Crippen LogP contribution is 2.68. The second-order valence-electron chi connectivity index (χ2n) is 13.2. The first-order chi connectivity index (χ1) is 24.8. The summed E-state index contributed by atoms with van der Waals surface area (Å²) >= 11 is 0. The lowest BCUT2D eigenvalue weighted by molar-refractivity contribution is -0.123. The van der Waals surface area contributed by atoms with E-state index < -0.39 is 75.7 Å². The maximum atomic E-state index is 15.2. The predicted molar refractivity (Wildman–Crippen MR) is 174 cm³/mol. The zero-order valence-electron chi connectivity index (χ0n) is 27.1. The summed E-state index contributed by atoms with van der Waals surface area (Å²) in [4.78, 5) is 21.6. The molecule has 272 valence electrons. The Hall–Kier alpha value is -4.74. The van der Waals surface area contributed by atoms with Crippen LogP contribution in [0.3, 0.4) is 0 Å². The van der Waals surface area contributed by atoms with Gasteiger partial charge in [-0.3, -0.25) is 9.48 Å². The van der Waals surface area contributed by atoms with E-state index in [2.05, 4.69) is 15.4 Å². The number of rotatable bonds is 10. The lowest BCUT2D eigenvalue weighted by atomic mass is 9.95. The Morgan fingerprint density at radius 2 is 1.73 bits per heavy atom. The lowest BCUT2D eigenvalue weighted by Gasteiger charge is -2.26. The van der Waals surface area contributed by atoms with Crippen molar-refractivity contribution < 1.29 is 44.3 Å². The number of nitrogens with zero attached hydrogens (tertiary/aromatic N) is 4. The van der Waals surface area contributed by atoms with Gasteiger partial charge in [-0.1, -0.05) is 12.1 Å². The third-order valence-electron chi connectivity index (χ3n) is 9.82. The molecule has 52 heavy (non-hydrogen) atoms. The number of aromatic amines is 1. The van der Waals surface area contributed by atoms with Crippen LogP contribution in [0.1, 0.15) is 53.0 Å². The highest BCUT2D eigenvalue weighted by atomic mass is 32.2. The molecule has 8 rings (SSSR count). The first kappa shape index (κ1) is 34.4. The third kappa shape index (κ3) is 6.03. The van der Waals surface area contributed by atoms with Gasteiger partial charge in [0, 0.05) is 42.4 Å². The van der Waals surface area contributed by atoms with Crippen LogP contribution in [-0.2, 0) is 38.4 Å². The zero-order chi connectivity index (χ0) is 36.5. The van der Waals surface area contributed by atoms with E-state index in [0.29, 0.717) is 32.9 Å². The first-order valence-corrected chi connectivity index (χ1v) is 17.9. The highest BCUT2D eigenvalue weighted by Gasteiger charge is 2.67. The molecule has 10 nitrogen and oxygen atoms in total. The molecular weight excluding hydrogens is 714 g/mol. The van der Waals surface area contributed by atoms with E-state index >= 15 is 8.78 Å². The maximum Gasteiger partial charge on any atom is 0.293 e. The zero-order valence-corrected chi connectivity index (χ0v) is 27.9. The number of carbonyl (C=O) groups is 1. The molecule has 17 heteroatoms. The smallest absolute Gasteiger partial charge is 0.293 e. The fourth-order valence-corrected chi connectivity index (χ4v) is 8.78. The van der Waals surface area contributed by atoms with E-state index in [4.69, 9.17) is 9.72 Å². The highest BCUT2D eigenvalue weighted by molar-refractivity contribution is 7.89. The van der Waals surface area contributed by atoms with Crippen molar-refractivity contribution in [2.24, 2.45) is 5.92 Å². The fraction of sp³-hybridized carbons (Fsp3) is 0.343. The molecule has 2 unspecified atom stereocenters. The van der Waals surface area contributed by atoms with E-state index in [1.165, 1.54) is 16.4 Å². The average molecular weight is 745 g/mol. The van der Waals surface area contributed by atoms with Gasteiger partial charge < -0.3 is 15.0 Å². The monoisotopic (exact) mass is 744 g/mol. The largest absolute Gasteiger partial charge is 0.379 e.